The van der Waals surface area contributed by atoms with Crippen LogP contribution < -0.4 is 0 Å². The van der Waals surface area contributed by atoms with Crippen LogP contribution in [0.5, 0.6) is 0 Å². The Bertz CT molecular complexity index is 524. The number of halogens is 1. The monoisotopic (exact) mass is 297 g/mol. The van der Waals surface area contributed by atoms with E-state index in [0.717, 1.165) is 4.47 Å². The molecular weight excluding hydrogens is 290 g/mol. The summed E-state index contributed by atoms with van der Waals surface area (Å²) in [5, 5.41) is 19.7. The first-order valence-corrected chi connectivity index (χ1v) is 5.56. The molecule has 0 spiro atoms. The van der Waals surface area contributed by atoms with Crippen molar-refractivity contribution in [3.05, 3.63) is 22.8 Å². The minimum Gasteiger partial charge on any atom is -0.481 e. The van der Waals surface area contributed by atoms with E-state index >= 15 is 0 Å². The van der Waals surface area contributed by atoms with Crippen molar-refractivity contribution in [2.75, 3.05) is 0 Å². The predicted octanol–water partition coefficient (Wildman–Crippen LogP) is 0.972. The molecule has 0 aliphatic rings. The van der Waals surface area contributed by atoms with Crippen LogP contribution in [0.15, 0.2) is 22.8 Å². The van der Waals surface area contributed by atoms with Gasteiger partial charge in [-0.1, -0.05) is 0 Å². The Kier molecular flexibility index (Phi) is 3.43. The number of aliphatic carboxylic acids is 1. The first kappa shape index (κ1) is 11.6. The lowest BCUT2D eigenvalue weighted by Gasteiger charge is -2.01. The van der Waals surface area contributed by atoms with E-state index < -0.39 is 5.97 Å². The zero-order valence-corrected chi connectivity index (χ0v) is 10.2. The summed E-state index contributed by atoms with van der Waals surface area (Å²) in [7, 11) is 0. The summed E-state index contributed by atoms with van der Waals surface area (Å²) in [6, 6.07) is 3.57. The molecule has 1 N–H and O–H groups in total. The molecule has 0 aliphatic heterocycles. The Balaban J connectivity index is 2.24. The highest BCUT2D eigenvalue weighted by Crippen LogP contribution is 2.15. The highest BCUT2D eigenvalue weighted by molar-refractivity contribution is 9.10. The molecule has 2 aromatic rings. The van der Waals surface area contributed by atoms with Crippen molar-refractivity contribution in [3.63, 3.8) is 0 Å². The van der Waals surface area contributed by atoms with Gasteiger partial charge in [0.25, 0.3) is 0 Å². The second-order valence-corrected chi connectivity index (χ2v) is 4.15. The fourth-order valence-corrected chi connectivity index (χ4v) is 1.48. The van der Waals surface area contributed by atoms with E-state index in [1.807, 2.05) is 6.07 Å². The van der Waals surface area contributed by atoms with Gasteiger partial charge in [-0.3, -0.25) is 9.78 Å². The third-order valence-corrected chi connectivity index (χ3v) is 2.49. The highest BCUT2D eigenvalue weighted by Gasteiger charge is 2.10. The zero-order valence-electron chi connectivity index (χ0n) is 8.62. The SMILES string of the molecule is O=C(O)CCn1nnnc1-c1ccc(Br)cn1. The Morgan fingerprint density at radius 2 is 2.29 bits per heavy atom. The van der Waals surface area contributed by atoms with Gasteiger partial charge < -0.3 is 5.11 Å². The molecule has 0 unspecified atom stereocenters. The maximum atomic E-state index is 10.5. The van der Waals surface area contributed by atoms with Gasteiger partial charge in [-0.05, 0) is 38.5 Å². The van der Waals surface area contributed by atoms with Gasteiger partial charge in [-0.25, -0.2) is 4.68 Å². The largest absolute Gasteiger partial charge is 0.481 e. The second-order valence-electron chi connectivity index (χ2n) is 3.23. The summed E-state index contributed by atoms with van der Waals surface area (Å²) in [5.74, 6) is -0.436. The molecule has 0 bridgehead atoms. The van der Waals surface area contributed by atoms with E-state index in [0.29, 0.717) is 11.5 Å². The number of hydrogen-bond acceptors (Lipinski definition) is 5. The summed E-state index contributed by atoms with van der Waals surface area (Å²) < 4.78 is 2.27. The molecule has 17 heavy (non-hydrogen) atoms. The van der Waals surface area contributed by atoms with Gasteiger partial charge in [0, 0.05) is 10.7 Å². The van der Waals surface area contributed by atoms with Crippen molar-refractivity contribution in [2.45, 2.75) is 13.0 Å². The number of carboxylic acid groups (broad SMARTS) is 1. The predicted molar refractivity (Wildman–Crippen MR) is 61.0 cm³/mol. The topological polar surface area (TPSA) is 93.8 Å². The van der Waals surface area contributed by atoms with Crippen LogP contribution in [0, 0.1) is 0 Å². The summed E-state index contributed by atoms with van der Waals surface area (Å²) in [5.41, 5.74) is 0.601. The maximum Gasteiger partial charge on any atom is 0.305 e. The molecule has 0 amide bonds. The van der Waals surface area contributed by atoms with Crippen molar-refractivity contribution < 1.29 is 9.90 Å². The van der Waals surface area contributed by atoms with Gasteiger partial charge in [0.15, 0.2) is 0 Å². The van der Waals surface area contributed by atoms with Crippen molar-refractivity contribution >= 4 is 21.9 Å². The summed E-state index contributed by atoms with van der Waals surface area (Å²) in [6.07, 6.45) is 1.60. The van der Waals surface area contributed by atoms with E-state index in [-0.39, 0.29) is 13.0 Å². The summed E-state index contributed by atoms with van der Waals surface area (Å²) in [4.78, 5) is 14.6. The minimum atomic E-state index is -0.893. The number of carboxylic acids is 1. The molecule has 2 rings (SSSR count). The number of rotatable bonds is 4. The van der Waals surface area contributed by atoms with Crippen molar-refractivity contribution in [2.24, 2.45) is 0 Å². The number of aromatic nitrogens is 5. The Morgan fingerprint density at radius 1 is 1.47 bits per heavy atom. The van der Waals surface area contributed by atoms with Crippen LogP contribution in [0.4, 0.5) is 0 Å². The first-order chi connectivity index (χ1) is 8.16. The van der Waals surface area contributed by atoms with E-state index in [1.54, 1.807) is 12.3 Å². The fraction of sp³-hybridized carbons (Fsp3) is 0.222. The summed E-state index contributed by atoms with van der Waals surface area (Å²) >= 11 is 3.28. The lowest BCUT2D eigenvalue weighted by Crippen LogP contribution is -2.08. The van der Waals surface area contributed by atoms with Gasteiger partial charge in [-0.2, -0.15) is 0 Å². The van der Waals surface area contributed by atoms with Gasteiger partial charge in [0.05, 0.1) is 13.0 Å². The minimum absolute atomic E-state index is 0.0332. The van der Waals surface area contributed by atoms with Crippen molar-refractivity contribution in [3.8, 4) is 11.5 Å². The van der Waals surface area contributed by atoms with E-state index in [1.165, 1.54) is 4.68 Å². The number of nitrogens with zero attached hydrogens (tertiary/aromatic N) is 5. The van der Waals surface area contributed by atoms with Crippen LogP contribution in [-0.4, -0.2) is 36.3 Å². The average Bonchev–Trinajstić information content (AvgIpc) is 2.75. The summed E-state index contributed by atoms with van der Waals surface area (Å²) in [6.45, 7) is 0.218. The molecule has 7 nitrogen and oxygen atoms in total. The lowest BCUT2D eigenvalue weighted by molar-refractivity contribution is -0.137. The number of pyridine rings is 1. The van der Waals surface area contributed by atoms with Crippen molar-refractivity contribution in [1.82, 2.24) is 25.2 Å². The van der Waals surface area contributed by atoms with E-state index in [2.05, 4.69) is 36.4 Å². The molecule has 8 heteroatoms. The Labute approximate surface area is 105 Å². The van der Waals surface area contributed by atoms with Crippen LogP contribution >= 0.6 is 15.9 Å². The van der Waals surface area contributed by atoms with Gasteiger partial charge in [-0.15, -0.1) is 5.10 Å². The van der Waals surface area contributed by atoms with E-state index in [4.69, 9.17) is 5.11 Å². The van der Waals surface area contributed by atoms with Crippen LogP contribution in [0.3, 0.4) is 0 Å². The van der Waals surface area contributed by atoms with Crippen LogP contribution in [0.1, 0.15) is 6.42 Å². The molecule has 0 atom stereocenters. The van der Waals surface area contributed by atoms with Crippen LogP contribution in [0.2, 0.25) is 0 Å². The lowest BCUT2D eigenvalue weighted by atomic mass is 10.3. The van der Waals surface area contributed by atoms with Crippen molar-refractivity contribution in [1.29, 1.82) is 0 Å². The average molecular weight is 298 g/mol. The zero-order chi connectivity index (χ0) is 12.3. The van der Waals surface area contributed by atoms with Gasteiger partial charge in [0.2, 0.25) is 5.82 Å². The standard InChI is InChI=1S/C9H8BrN5O2/c10-6-1-2-7(11-5-6)9-12-13-14-15(9)4-3-8(16)17/h1-2,5H,3-4H2,(H,16,17). The third kappa shape index (κ3) is 2.84. The maximum absolute atomic E-state index is 10.5. The third-order valence-electron chi connectivity index (χ3n) is 2.03. The molecule has 0 fully saturated rings. The number of aryl methyl sites for hydroxylation is 1. The Morgan fingerprint density at radius 3 is 2.94 bits per heavy atom. The molecule has 0 aliphatic carbocycles. The molecule has 88 valence electrons. The molecule has 0 aromatic carbocycles. The highest BCUT2D eigenvalue weighted by atomic mass is 79.9. The molecule has 2 heterocycles. The Hall–Kier alpha value is -1.83. The smallest absolute Gasteiger partial charge is 0.305 e. The molecule has 2 aromatic heterocycles. The van der Waals surface area contributed by atoms with Crippen LogP contribution in [0.25, 0.3) is 11.5 Å². The first-order valence-electron chi connectivity index (χ1n) is 4.76. The van der Waals surface area contributed by atoms with E-state index in [9.17, 15) is 4.79 Å². The molecule has 0 saturated heterocycles. The fourth-order valence-electron chi connectivity index (χ4n) is 1.25. The number of tetrazole rings is 1. The number of hydrogen-bond donors (Lipinski definition) is 1. The molecular formula is C9H8BrN5O2. The quantitative estimate of drug-likeness (QED) is 0.904. The van der Waals surface area contributed by atoms with Gasteiger partial charge in [0.1, 0.15) is 5.69 Å². The van der Waals surface area contributed by atoms with Crippen LogP contribution in [-0.2, 0) is 11.3 Å². The molecule has 0 radical (unpaired) electrons. The number of carbonyl (C=O) groups is 1. The second kappa shape index (κ2) is 5.00. The molecule has 0 saturated carbocycles. The van der Waals surface area contributed by atoms with Gasteiger partial charge >= 0.3 is 5.97 Å². The normalized spacial score (nSPS) is 10.4.